The molecule has 0 amide bonds. The second-order valence-corrected chi connectivity index (χ2v) is 6.72. The fraction of sp³-hybridized carbons (Fsp3) is 0.941. The summed E-state index contributed by atoms with van der Waals surface area (Å²) in [5.41, 5.74) is 0. The van der Waals surface area contributed by atoms with E-state index in [1.54, 1.807) is 0 Å². The molecule has 1 N–H and O–H groups in total. The van der Waals surface area contributed by atoms with Crippen molar-refractivity contribution < 1.29 is 9.90 Å². The molecule has 0 spiro atoms. The lowest BCUT2D eigenvalue weighted by molar-refractivity contribution is -0.147. The Morgan fingerprint density at radius 2 is 1.80 bits per heavy atom. The number of rotatable bonds is 5. The lowest BCUT2D eigenvalue weighted by atomic mass is 9.75. The zero-order valence-electron chi connectivity index (χ0n) is 13.2. The Morgan fingerprint density at radius 3 is 2.35 bits per heavy atom. The fourth-order valence-corrected chi connectivity index (χ4v) is 4.43. The van der Waals surface area contributed by atoms with Crippen LogP contribution in [0.3, 0.4) is 0 Å². The van der Waals surface area contributed by atoms with Gasteiger partial charge in [0.1, 0.15) is 0 Å². The molecular weight excluding hydrogens is 250 g/mol. The third-order valence-corrected chi connectivity index (χ3v) is 5.65. The number of carboxylic acid groups (broad SMARTS) is 1. The van der Waals surface area contributed by atoms with Gasteiger partial charge in [0.2, 0.25) is 0 Å². The van der Waals surface area contributed by atoms with Crippen molar-refractivity contribution in [3.8, 4) is 0 Å². The van der Waals surface area contributed by atoms with Gasteiger partial charge in [0.25, 0.3) is 0 Å². The minimum Gasteiger partial charge on any atom is -0.481 e. The van der Waals surface area contributed by atoms with Crippen LogP contribution in [0.4, 0.5) is 0 Å². The highest BCUT2D eigenvalue weighted by Crippen LogP contribution is 2.37. The smallest absolute Gasteiger partial charge is 0.308 e. The van der Waals surface area contributed by atoms with Gasteiger partial charge >= 0.3 is 5.97 Å². The molecule has 3 nitrogen and oxygen atoms in total. The van der Waals surface area contributed by atoms with E-state index in [4.69, 9.17) is 0 Å². The summed E-state index contributed by atoms with van der Waals surface area (Å²) in [5.74, 6) is 0.0201. The van der Waals surface area contributed by atoms with Gasteiger partial charge in [0, 0.05) is 12.1 Å². The van der Waals surface area contributed by atoms with E-state index in [-0.39, 0.29) is 12.0 Å². The van der Waals surface area contributed by atoms with E-state index in [2.05, 4.69) is 18.7 Å². The third kappa shape index (κ3) is 3.55. The molecular formula is C17H31NO2. The average molecular weight is 281 g/mol. The summed E-state index contributed by atoms with van der Waals surface area (Å²) in [7, 11) is 0. The predicted molar refractivity (Wildman–Crippen MR) is 81.8 cm³/mol. The van der Waals surface area contributed by atoms with E-state index in [0.717, 1.165) is 31.7 Å². The van der Waals surface area contributed by atoms with Crippen molar-refractivity contribution in [2.24, 2.45) is 11.8 Å². The Hall–Kier alpha value is -0.570. The number of hydrogen-bond acceptors (Lipinski definition) is 2. The van der Waals surface area contributed by atoms with Gasteiger partial charge in [-0.2, -0.15) is 0 Å². The first-order chi connectivity index (χ1) is 9.67. The highest BCUT2D eigenvalue weighted by Gasteiger charge is 2.39. The standard InChI is InChI=1S/C17H31NO2/c1-3-13-10-11-15(17(19)20)16(12-13)18(4-2)14-8-6-5-7-9-14/h13-16H,3-12H2,1-2H3,(H,19,20). The van der Waals surface area contributed by atoms with Crippen molar-refractivity contribution in [1.29, 1.82) is 0 Å². The van der Waals surface area contributed by atoms with Crippen LogP contribution in [0.15, 0.2) is 0 Å². The normalized spacial score (nSPS) is 32.5. The minimum absolute atomic E-state index is 0.139. The first kappa shape index (κ1) is 15.8. The van der Waals surface area contributed by atoms with Gasteiger partial charge < -0.3 is 5.11 Å². The Kier molecular flexibility index (Phi) is 5.88. The fourth-order valence-electron chi connectivity index (χ4n) is 4.43. The van der Waals surface area contributed by atoms with E-state index in [1.165, 1.54) is 38.5 Å². The maximum atomic E-state index is 11.6. The SMILES string of the molecule is CCC1CCC(C(=O)O)C(N(CC)C2CCCCC2)C1. The largest absolute Gasteiger partial charge is 0.481 e. The van der Waals surface area contributed by atoms with Gasteiger partial charge in [-0.05, 0) is 44.6 Å². The number of carbonyl (C=O) groups is 1. The van der Waals surface area contributed by atoms with Crippen molar-refractivity contribution in [3.05, 3.63) is 0 Å². The topological polar surface area (TPSA) is 40.5 Å². The minimum atomic E-state index is -0.571. The van der Waals surface area contributed by atoms with Crippen LogP contribution < -0.4 is 0 Å². The summed E-state index contributed by atoms with van der Waals surface area (Å²) in [6, 6.07) is 0.913. The van der Waals surface area contributed by atoms with Gasteiger partial charge in [-0.25, -0.2) is 0 Å². The lowest BCUT2D eigenvalue weighted by Gasteiger charge is -2.45. The lowest BCUT2D eigenvalue weighted by Crippen LogP contribution is -2.51. The molecule has 20 heavy (non-hydrogen) atoms. The zero-order chi connectivity index (χ0) is 14.5. The van der Waals surface area contributed by atoms with Crippen LogP contribution in [0, 0.1) is 11.8 Å². The number of hydrogen-bond donors (Lipinski definition) is 1. The molecule has 0 bridgehead atoms. The third-order valence-electron chi connectivity index (χ3n) is 5.65. The molecule has 0 aromatic heterocycles. The van der Waals surface area contributed by atoms with Gasteiger partial charge in [-0.15, -0.1) is 0 Å². The summed E-state index contributed by atoms with van der Waals surface area (Å²) in [4.78, 5) is 14.2. The molecule has 2 saturated carbocycles. The second kappa shape index (κ2) is 7.44. The molecule has 3 unspecified atom stereocenters. The molecule has 0 aliphatic heterocycles. The summed E-state index contributed by atoms with van der Waals surface area (Å²) in [5, 5.41) is 9.58. The van der Waals surface area contributed by atoms with Crippen LogP contribution in [0.25, 0.3) is 0 Å². The molecule has 3 atom stereocenters. The summed E-state index contributed by atoms with van der Waals surface area (Å²) in [6.45, 7) is 5.47. The van der Waals surface area contributed by atoms with Crippen LogP contribution in [0.5, 0.6) is 0 Å². The van der Waals surface area contributed by atoms with Crippen molar-refractivity contribution >= 4 is 5.97 Å². The molecule has 2 aliphatic carbocycles. The van der Waals surface area contributed by atoms with E-state index in [0.29, 0.717) is 6.04 Å². The van der Waals surface area contributed by atoms with Crippen molar-refractivity contribution in [1.82, 2.24) is 4.90 Å². The highest BCUT2D eigenvalue weighted by molar-refractivity contribution is 5.71. The average Bonchev–Trinajstić information content (AvgIpc) is 2.48. The van der Waals surface area contributed by atoms with Crippen LogP contribution in [-0.4, -0.2) is 34.6 Å². The first-order valence-electron chi connectivity index (χ1n) is 8.65. The second-order valence-electron chi connectivity index (χ2n) is 6.72. The number of carboxylic acids is 1. The van der Waals surface area contributed by atoms with Crippen molar-refractivity contribution in [3.63, 3.8) is 0 Å². The van der Waals surface area contributed by atoms with E-state index < -0.39 is 5.97 Å². The summed E-state index contributed by atoms with van der Waals surface area (Å²) in [6.07, 6.45) is 10.8. The molecule has 3 heteroatoms. The van der Waals surface area contributed by atoms with E-state index in [9.17, 15) is 9.90 Å². The van der Waals surface area contributed by atoms with Crippen molar-refractivity contribution in [2.45, 2.75) is 83.7 Å². The van der Waals surface area contributed by atoms with Gasteiger partial charge in [-0.3, -0.25) is 9.69 Å². The molecule has 0 saturated heterocycles. The summed E-state index contributed by atoms with van der Waals surface area (Å²) >= 11 is 0. The summed E-state index contributed by atoms with van der Waals surface area (Å²) < 4.78 is 0. The van der Waals surface area contributed by atoms with Crippen LogP contribution in [-0.2, 0) is 4.79 Å². The molecule has 0 aromatic carbocycles. The van der Waals surface area contributed by atoms with E-state index in [1.807, 2.05) is 0 Å². The highest BCUT2D eigenvalue weighted by atomic mass is 16.4. The number of nitrogens with zero attached hydrogens (tertiary/aromatic N) is 1. The molecule has 0 aromatic rings. The number of aliphatic carboxylic acids is 1. The maximum Gasteiger partial charge on any atom is 0.308 e. The molecule has 0 radical (unpaired) electrons. The first-order valence-corrected chi connectivity index (χ1v) is 8.65. The quantitative estimate of drug-likeness (QED) is 0.830. The van der Waals surface area contributed by atoms with Gasteiger partial charge in [0.15, 0.2) is 0 Å². The Balaban J connectivity index is 2.11. The van der Waals surface area contributed by atoms with Crippen LogP contribution in [0.1, 0.15) is 71.6 Å². The Labute approximate surface area is 123 Å². The molecule has 2 aliphatic rings. The maximum absolute atomic E-state index is 11.6. The molecule has 0 heterocycles. The zero-order valence-corrected chi connectivity index (χ0v) is 13.2. The van der Waals surface area contributed by atoms with Gasteiger partial charge in [-0.1, -0.05) is 39.5 Å². The van der Waals surface area contributed by atoms with E-state index >= 15 is 0 Å². The van der Waals surface area contributed by atoms with Crippen LogP contribution in [0.2, 0.25) is 0 Å². The predicted octanol–water partition coefficient (Wildman–Crippen LogP) is 3.92. The molecule has 2 rings (SSSR count). The Morgan fingerprint density at radius 1 is 1.10 bits per heavy atom. The molecule has 2 fully saturated rings. The van der Waals surface area contributed by atoms with Gasteiger partial charge in [0.05, 0.1) is 5.92 Å². The van der Waals surface area contributed by atoms with Crippen molar-refractivity contribution in [2.75, 3.05) is 6.54 Å². The van der Waals surface area contributed by atoms with Crippen LogP contribution >= 0.6 is 0 Å². The monoisotopic (exact) mass is 281 g/mol. The molecule has 116 valence electrons. The Bertz CT molecular complexity index is 312.